The molecule has 0 unspecified atom stereocenters. The Morgan fingerprint density at radius 3 is 2.86 bits per heavy atom. The fraction of sp³-hybridized carbons (Fsp3) is 0.467. The lowest BCUT2D eigenvalue weighted by Crippen LogP contribution is -2.49. The van der Waals surface area contributed by atoms with Gasteiger partial charge in [-0.3, -0.25) is 9.69 Å². The lowest BCUT2D eigenvalue weighted by atomic mass is 10.1. The van der Waals surface area contributed by atoms with Crippen LogP contribution in [0.3, 0.4) is 0 Å². The van der Waals surface area contributed by atoms with Crippen LogP contribution < -0.4 is 15.0 Å². The molecule has 1 aromatic carbocycles. The Balaban J connectivity index is 2.07. The van der Waals surface area contributed by atoms with Crippen LogP contribution in [0, 0.1) is 0 Å². The molecular weight excluding hydrogens is 272 g/mol. The van der Waals surface area contributed by atoms with Crippen LogP contribution in [0.2, 0.25) is 0 Å². The molecule has 6 nitrogen and oxygen atoms in total. The number of fused-ring (bicyclic) bond motifs is 1. The van der Waals surface area contributed by atoms with Gasteiger partial charge in [-0.2, -0.15) is 0 Å². The molecule has 0 radical (unpaired) electrons. The third-order valence-corrected chi connectivity index (χ3v) is 3.23. The van der Waals surface area contributed by atoms with E-state index in [1.807, 2.05) is 31.2 Å². The summed E-state index contributed by atoms with van der Waals surface area (Å²) in [6, 6.07) is 7.05. The number of carbonyl (C=O) groups excluding carboxylic acids is 2. The van der Waals surface area contributed by atoms with Crippen molar-refractivity contribution in [2.45, 2.75) is 26.4 Å². The molecule has 114 valence electrons. The van der Waals surface area contributed by atoms with Gasteiger partial charge in [0.2, 0.25) is 0 Å². The summed E-state index contributed by atoms with van der Waals surface area (Å²) in [5.74, 6) is 0.237. The molecule has 0 fully saturated rings. The maximum atomic E-state index is 12.3. The molecule has 0 aliphatic carbocycles. The number of hydrogen-bond acceptors (Lipinski definition) is 4. The van der Waals surface area contributed by atoms with Crippen LogP contribution in [0.25, 0.3) is 0 Å². The molecule has 1 N–H and O–H groups in total. The molecule has 0 spiro atoms. The van der Waals surface area contributed by atoms with Crippen molar-refractivity contribution in [2.75, 3.05) is 24.6 Å². The Hall–Kier alpha value is -2.24. The van der Waals surface area contributed by atoms with Gasteiger partial charge in [-0.1, -0.05) is 19.1 Å². The van der Waals surface area contributed by atoms with Gasteiger partial charge in [-0.25, -0.2) is 4.79 Å². The van der Waals surface area contributed by atoms with Crippen molar-refractivity contribution in [1.29, 1.82) is 0 Å². The van der Waals surface area contributed by atoms with E-state index in [9.17, 15) is 9.59 Å². The van der Waals surface area contributed by atoms with Crippen LogP contribution in [0.5, 0.6) is 5.75 Å². The van der Waals surface area contributed by atoms with Gasteiger partial charge in [0.05, 0.1) is 18.8 Å². The van der Waals surface area contributed by atoms with Crippen LogP contribution >= 0.6 is 0 Å². The zero-order valence-corrected chi connectivity index (χ0v) is 12.3. The number of rotatable bonds is 4. The number of urea groups is 1. The Bertz CT molecular complexity index is 518. The minimum atomic E-state index is -0.445. The highest BCUT2D eigenvalue weighted by atomic mass is 16.5. The Kier molecular flexibility index (Phi) is 5.03. The van der Waals surface area contributed by atoms with Crippen molar-refractivity contribution in [3.8, 4) is 5.75 Å². The molecule has 1 aromatic rings. The first kappa shape index (κ1) is 15.2. The number of para-hydroxylation sites is 2. The second-order valence-corrected chi connectivity index (χ2v) is 4.69. The number of anilines is 1. The Labute approximate surface area is 124 Å². The lowest BCUT2D eigenvalue weighted by molar-refractivity contribution is -0.141. The fourth-order valence-corrected chi connectivity index (χ4v) is 2.16. The third kappa shape index (κ3) is 3.65. The molecule has 0 saturated heterocycles. The van der Waals surface area contributed by atoms with Gasteiger partial charge in [-0.05, 0) is 25.5 Å². The summed E-state index contributed by atoms with van der Waals surface area (Å²) in [6.45, 7) is 4.36. The molecular formula is C15H20N2O4. The smallest absolute Gasteiger partial charge is 0.325 e. The number of carbonyl (C=O) groups is 2. The van der Waals surface area contributed by atoms with Crippen molar-refractivity contribution in [1.82, 2.24) is 5.32 Å². The molecule has 1 aliphatic rings. The number of nitrogens with zero attached hydrogens (tertiary/aromatic N) is 1. The van der Waals surface area contributed by atoms with E-state index in [0.29, 0.717) is 24.6 Å². The van der Waals surface area contributed by atoms with E-state index < -0.39 is 5.97 Å². The third-order valence-electron chi connectivity index (χ3n) is 3.23. The van der Waals surface area contributed by atoms with E-state index >= 15 is 0 Å². The van der Waals surface area contributed by atoms with Crippen LogP contribution in [-0.2, 0) is 9.53 Å². The normalized spacial score (nSPS) is 16.7. The van der Waals surface area contributed by atoms with Gasteiger partial charge in [-0.15, -0.1) is 0 Å². The minimum absolute atomic E-state index is 0.0479. The van der Waals surface area contributed by atoms with Gasteiger partial charge in [0.25, 0.3) is 0 Å². The van der Waals surface area contributed by atoms with E-state index in [0.717, 1.165) is 6.42 Å². The molecule has 0 aromatic heterocycles. The van der Waals surface area contributed by atoms with Crippen molar-refractivity contribution in [2.24, 2.45) is 0 Å². The zero-order valence-electron chi connectivity index (χ0n) is 12.3. The van der Waals surface area contributed by atoms with Gasteiger partial charge >= 0.3 is 12.0 Å². The number of benzene rings is 1. The second-order valence-electron chi connectivity index (χ2n) is 4.69. The van der Waals surface area contributed by atoms with E-state index in [1.165, 1.54) is 0 Å². The van der Waals surface area contributed by atoms with Crippen LogP contribution in [0.4, 0.5) is 10.5 Å². The van der Waals surface area contributed by atoms with Gasteiger partial charge in [0.1, 0.15) is 18.4 Å². The first-order valence-corrected chi connectivity index (χ1v) is 7.12. The van der Waals surface area contributed by atoms with Crippen molar-refractivity contribution in [3.63, 3.8) is 0 Å². The fourth-order valence-electron chi connectivity index (χ4n) is 2.16. The first-order valence-electron chi connectivity index (χ1n) is 7.12. The first-order chi connectivity index (χ1) is 10.2. The largest absolute Gasteiger partial charge is 0.486 e. The second kappa shape index (κ2) is 6.97. The molecule has 0 bridgehead atoms. The summed E-state index contributed by atoms with van der Waals surface area (Å²) < 4.78 is 10.6. The SMILES string of the molecule is CCOC(=O)CNC(=O)N1C[C@H](CC)Oc2ccccc21. The number of esters is 1. The summed E-state index contributed by atoms with van der Waals surface area (Å²) in [6.07, 6.45) is 0.754. The van der Waals surface area contributed by atoms with Crippen molar-refractivity contribution in [3.05, 3.63) is 24.3 Å². The maximum absolute atomic E-state index is 12.3. The highest BCUT2D eigenvalue weighted by Crippen LogP contribution is 2.33. The summed E-state index contributed by atoms with van der Waals surface area (Å²) >= 11 is 0. The van der Waals surface area contributed by atoms with E-state index in [4.69, 9.17) is 9.47 Å². The highest BCUT2D eigenvalue weighted by molar-refractivity contribution is 5.95. The van der Waals surface area contributed by atoms with Crippen LogP contribution in [0.15, 0.2) is 24.3 Å². The highest BCUT2D eigenvalue weighted by Gasteiger charge is 2.28. The quantitative estimate of drug-likeness (QED) is 0.861. The molecule has 0 saturated carbocycles. The van der Waals surface area contributed by atoms with Crippen molar-refractivity contribution >= 4 is 17.7 Å². The predicted octanol–water partition coefficient (Wildman–Crippen LogP) is 1.94. The average molecular weight is 292 g/mol. The summed E-state index contributed by atoms with van der Waals surface area (Å²) in [5, 5.41) is 2.58. The Morgan fingerprint density at radius 1 is 1.38 bits per heavy atom. The standard InChI is InChI=1S/C15H20N2O4/c1-3-11-10-17(12-7-5-6-8-13(12)21-11)15(19)16-9-14(18)20-4-2/h5-8,11H,3-4,9-10H2,1-2H3,(H,16,19)/t11-/m0/s1. The van der Waals surface area contributed by atoms with E-state index in [1.54, 1.807) is 11.8 Å². The molecule has 1 heterocycles. The minimum Gasteiger partial charge on any atom is -0.486 e. The predicted molar refractivity (Wildman–Crippen MR) is 78.5 cm³/mol. The topological polar surface area (TPSA) is 67.9 Å². The zero-order chi connectivity index (χ0) is 15.2. The summed E-state index contributed by atoms with van der Waals surface area (Å²) in [7, 11) is 0. The number of amides is 2. The summed E-state index contributed by atoms with van der Waals surface area (Å²) in [4.78, 5) is 25.2. The van der Waals surface area contributed by atoms with E-state index in [2.05, 4.69) is 5.32 Å². The molecule has 2 rings (SSSR count). The Morgan fingerprint density at radius 2 is 2.14 bits per heavy atom. The molecule has 21 heavy (non-hydrogen) atoms. The van der Waals surface area contributed by atoms with Gasteiger partial charge in [0, 0.05) is 0 Å². The summed E-state index contributed by atoms with van der Waals surface area (Å²) in [5.41, 5.74) is 0.712. The molecule has 1 aliphatic heterocycles. The average Bonchev–Trinajstić information content (AvgIpc) is 2.51. The molecule has 1 atom stereocenters. The van der Waals surface area contributed by atoms with Crippen LogP contribution in [0.1, 0.15) is 20.3 Å². The van der Waals surface area contributed by atoms with Crippen LogP contribution in [-0.4, -0.2) is 37.8 Å². The number of nitrogens with one attached hydrogen (secondary N) is 1. The van der Waals surface area contributed by atoms with E-state index in [-0.39, 0.29) is 18.7 Å². The monoisotopic (exact) mass is 292 g/mol. The molecule has 6 heteroatoms. The van der Waals surface area contributed by atoms with Crippen molar-refractivity contribution < 1.29 is 19.1 Å². The lowest BCUT2D eigenvalue weighted by Gasteiger charge is -2.34. The molecule has 2 amide bonds. The van der Waals surface area contributed by atoms with Gasteiger partial charge < -0.3 is 14.8 Å². The number of hydrogen-bond donors (Lipinski definition) is 1. The maximum Gasteiger partial charge on any atom is 0.325 e. The van der Waals surface area contributed by atoms with Gasteiger partial charge in [0.15, 0.2) is 0 Å². The number of ether oxygens (including phenoxy) is 2.